The van der Waals surface area contributed by atoms with E-state index in [1.54, 1.807) is 11.3 Å². The summed E-state index contributed by atoms with van der Waals surface area (Å²) in [5.41, 5.74) is 7.61. The van der Waals surface area contributed by atoms with Crippen LogP contribution < -0.4 is 5.73 Å². The van der Waals surface area contributed by atoms with Crippen LogP contribution in [0, 0.1) is 5.41 Å². The Morgan fingerprint density at radius 2 is 2.15 bits per heavy atom. The fraction of sp³-hybridized carbons (Fsp3) is 0.600. The van der Waals surface area contributed by atoms with Crippen LogP contribution in [0.4, 0.5) is 0 Å². The van der Waals surface area contributed by atoms with Gasteiger partial charge < -0.3 is 5.73 Å². The lowest BCUT2D eigenvalue weighted by atomic mass is 9.80. The molecule has 0 saturated heterocycles. The maximum Gasteiger partial charge on any atom is 0.0366 e. The quantitative estimate of drug-likeness (QED) is 0.877. The van der Waals surface area contributed by atoms with Gasteiger partial charge in [0.15, 0.2) is 0 Å². The average Bonchev–Trinajstić information content (AvgIpc) is 2.50. The van der Waals surface area contributed by atoms with Crippen molar-refractivity contribution in [3.63, 3.8) is 0 Å². The Morgan fingerprint density at radius 1 is 1.54 bits per heavy atom. The highest BCUT2D eigenvalue weighted by Crippen LogP contribution is 2.38. The molecule has 0 radical (unpaired) electrons. The van der Waals surface area contributed by atoms with Crippen LogP contribution in [0.5, 0.6) is 0 Å². The zero-order valence-electron chi connectivity index (χ0n) is 8.30. The normalized spacial score (nSPS) is 14.5. The van der Waals surface area contributed by atoms with Crippen molar-refractivity contribution in [2.24, 2.45) is 11.1 Å². The molecule has 0 bridgehead atoms. The monoisotopic (exact) mass is 261 g/mol. The maximum atomic E-state index is 6.21. The van der Waals surface area contributed by atoms with E-state index in [2.05, 4.69) is 47.5 Å². The molecule has 1 nitrogen and oxygen atoms in total. The summed E-state index contributed by atoms with van der Waals surface area (Å²) >= 11 is 5.21. The Bertz CT molecular complexity index is 280. The zero-order chi connectivity index (χ0) is 10.1. The van der Waals surface area contributed by atoms with Crippen LogP contribution in [-0.4, -0.2) is 0 Å². The van der Waals surface area contributed by atoms with E-state index in [1.807, 2.05) is 0 Å². The largest absolute Gasteiger partial charge is 0.323 e. The molecule has 1 aromatic heterocycles. The van der Waals surface area contributed by atoms with Crippen LogP contribution in [0.2, 0.25) is 0 Å². The van der Waals surface area contributed by atoms with Gasteiger partial charge >= 0.3 is 0 Å². The maximum absolute atomic E-state index is 6.21. The molecule has 1 atom stereocenters. The Kier molecular flexibility index (Phi) is 3.55. The van der Waals surface area contributed by atoms with Crippen molar-refractivity contribution in [1.82, 2.24) is 0 Å². The minimum atomic E-state index is 0.123. The van der Waals surface area contributed by atoms with Gasteiger partial charge in [0.1, 0.15) is 0 Å². The highest BCUT2D eigenvalue weighted by molar-refractivity contribution is 9.10. The fourth-order valence-electron chi connectivity index (χ4n) is 1.15. The predicted molar refractivity (Wildman–Crippen MR) is 63.0 cm³/mol. The average molecular weight is 262 g/mol. The summed E-state index contributed by atoms with van der Waals surface area (Å²) in [5.74, 6) is 0. The molecule has 3 heteroatoms. The van der Waals surface area contributed by atoms with Gasteiger partial charge in [0, 0.05) is 15.9 Å². The summed E-state index contributed by atoms with van der Waals surface area (Å²) in [4.78, 5) is 0. The number of halogens is 1. The Balaban J connectivity index is 2.91. The number of rotatable bonds is 3. The number of thiophene rings is 1. The van der Waals surface area contributed by atoms with Crippen molar-refractivity contribution in [1.29, 1.82) is 0 Å². The first-order valence-corrected chi connectivity index (χ1v) is 6.19. The van der Waals surface area contributed by atoms with Gasteiger partial charge in [-0.2, -0.15) is 11.3 Å². The summed E-state index contributed by atoms with van der Waals surface area (Å²) in [7, 11) is 0. The van der Waals surface area contributed by atoms with Crippen LogP contribution in [-0.2, 0) is 0 Å². The Morgan fingerprint density at radius 3 is 2.54 bits per heavy atom. The summed E-state index contributed by atoms with van der Waals surface area (Å²) in [6.07, 6.45) is 1.09. The first kappa shape index (κ1) is 11.2. The van der Waals surface area contributed by atoms with Crippen molar-refractivity contribution >= 4 is 27.3 Å². The lowest BCUT2D eigenvalue weighted by Crippen LogP contribution is -2.28. The van der Waals surface area contributed by atoms with Crippen molar-refractivity contribution in [2.45, 2.75) is 33.2 Å². The van der Waals surface area contributed by atoms with Gasteiger partial charge in [0.25, 0.3) is 0 Å². The molecule has 0 aliphatic rings. The molecule has 74 valence electrons. The fourth-order valence-corrected chi connectivity index (χ4v) is 2.73. The molecule has 0 saturated carbocycles. The third-order valence-electron chi connectivity index (χ3n) is 2.73. The smallest absolute Gasteiger partial charge is 0.0366 e. The van der Waals surface area contributed by atoms with Gasteiger partial charge in [-0.1, -0.05) is 20.8 Å². The minimum Gasteiger partial charge on any atom is -0.323 e. The van der Waals surface area contributed by atoms with Crippen molar-refractivity contribution in [3.8, 4) is 0 Å². The second-order valence-corrected chi connectivity index (χ2v) is 5.59. The molecule has 0 amide bonds. The summed E-state index contributed by atoms with van der Waals surface area (Å²) in [5, 5.41) is 4.22. The van der Waals surface area contributed by atoms with E-state index < -0.39 is 0 Å². The number of hydrogen-bond acceptors (Lipinski definition) is 2. The zero-order valence-corrected chi connectivity index (χ0v) is 10.7. The van der Waals surface area contributed by atoms with E-state index in [0.29, 0.717) is 0 Å². The molecule has 0 spiro atoms. The van der Waals surface area contributed by atoms with Crippen molar-refractivity contribution in [3.05, 3.63) is 20.8 Å². The molecule has 1 aromatic rings. The van der Waals surface area contributed by atoms with Crippen LogP contribution in [0.1, 0.15) is 38.8 Å². The summed E-state index contributed by atoms with van der Waals surface area (Å²) in [6, 6.07) is 0.123. The highest BCUT2D eigenvalue weighted by Gasteiger charge is 2.27. The van der Waals surface area contributed by atoms with Gasteiger partial charge in [0.05, 0.1) is 0 Å². The molecule has 0 aliphatic heterocycles. The first-order valence-electron chi connectivity index (χ1n) is 4.46. The summed E-state index contributed by atoms with van der Waals surface area (Å²) < 4.78 is 1.14. The lowest BCUT2D eigenvalue weighted by Gasteiger charge is -2.30. The first-order chi connectivity index (χ1) is 5.99. The van der Waals surface area contributed by atoms with E-state index in [9.17, 15) is 0 Å². The highest BCUT2D eigenvalue weighted by atomic mass is 79.9. The second kappa shape index (κ2) is 4.11. The van der Waals surface area contributed by atoms with E-state index in [0.717, 1.165) is 10.9 Å². The molecule has 1 rings (SSSR count). The van der Waals surface area contributed by atoms with Crippen LogP contribution >= 0.6 is 27.3 Å². The molecule has 2 N–H and O–H groups in total. The van der Waals surface area contributed by atoms with Crippen LogP contribution in [0.25, 0.3) is 0 Å². The topological polar surface area (TPSA) is 26.0 Å². The van der Waals surface area contributed by atoms with Gasteiger partial charge in [0.2, 0.25) is 0 Å². The molecule has 1 heterocycles. The molecule has 0 fully saturated rings. The summed E-state index contributed by atoms with van der Waals surface area (Å²) in [6.45, 7) is 6.60. The number of hydrogen-bond donors (Lipinski definition) is 1. The van der Waals surface area contributed by atoms with E-state index in [1.165, 1.54) is 5.56 Å². The van der Waals surface area contributed by atoms with E-state index in [-0.39, 0.29) is 11.5 Å². The van der Waals surface area contributed by atoms with Gasteiger partial charge in [-0.25, -0.2) is 0 Å². The second-order valence-electron chi connectivity index (χ2n) is 3.99. The minimum absolute atomic E-state index is 0.123. The predicted octanol–water partition coefficient (Wildman–Crippen LogP) is 3.95. The van der Waals surface area contributed by atoms with Gasteiger partial charge in [-0.3, -0.25) is 0 Å². The molecule has 1 unspecified atom stereocenters. The standard InChI is InChI=1S/C10H16BrNS/c1-4-10(2,3)9(12)7-5-13-6-8(7)11/h5-6,9H,4,12H2,1-3H3. The molecular formula is C10H16BrNS. The van der Waals surface area contributed by atoms with Crippen LogP contribution in [0.15, 0.2) is 15.2 Å². The third-order valence-corrected chi connectivity index (χ3v) is 4.48. The molecule has 0 aromatic carbocycles. The van der Waals surface area contributed by atoms with E-state index >= 15 is 0 Å². The van der Waals surface area contributed by atoms with E-state index in [4.69, 9.17) is 5.73 Å². The molecule has 13 heavy (non-hydrogen) atoms. The van der Waals surface area contributed by atoms with Crippen molar-refractivity contribution in [2.75, 3.05) is 0 Å². The Hall–Kier alpha value is 0.140. The van der Waals surface area contributed by atoms with Gasteiger partial charge in [-0.05, 0) is 38.7 Å². The molecule has 0 aliphatic carbocycles. The van der Waals surface area contributed by atoms with Crippen LogP contribution in [0.3, 0.4) is 0 Å². The number of nitrogens with two attached hydrogens (primary N) is 1. The van der Waals surface area contributed by atoms with Gasteiger partial charge in [-0.15, -0.1) is 0 Å². The van der Waals surface area contributed by atoms with Crippen molar-refractivity contribution < 1.29 is 0 Å². The molecular weight excluding hydrogens is 246 g/mol. The lowest BCUT2D eigenvalue weighted by molar-refractivity contribution is 0.278. The SMILES string of the molecule is CCC(C)(C)C(N)c1cscc1Br. The third kappa shape index (κ3) is 2.33. The Labute approximate surface area is 92.5 Å².